The molecule has 0 unspecified atom stereocenters. The third-order valence-electron chi connectivity index (χ3n) is 2.15. The standard InChI is InChI=1S/C11H10ClF4NO3/c1-2-19-9(18)3-6-7(4-12)17-5-8(10(6)13)20-11(14,15)16/h5H,2-4H2,1H3. The van der Waals surface area contributed by atoms with Gasteiger partial charge in [0, 0.05) is 5.56 Å². The molecule has 0 aromatic carbocycles. The molecule has 0 aliphatic carbocycles. The lowest BCUT2D eigenvalue weighted by atomic mass is 10.1. The van der Waals surface area contributed by atoms with Crippen LogP contribution in [0.25, 0.3) is 0 Å². The summed E-state index contributed by atoms with van der Waals surface area (Å²) in [4.78, 5) is 14.9. The molecule has 1 rings (SSSR count). The predicted molar refractivity (Wildman–Crippen MR) is 60.8 cm³/mol. The molecule has 20 heavy (non-hydrogen) atoms. The number of nitrogens with zero attached hydrogens (tertiary/aromatic N) is 1. The highest BCUT2D eigenvalue weighted by Crippen LogP contribution is 2.28. The van der Waals surface area contributed by atoms with Crippen LogP contribution in [0.15, 0.2) is 6.20 Å². The highest BCUT2D eigenvalue weighted by atomic mass is 35.5. The van der Waals surface area contributed by atoms with Crippen LogP contribution in [0.5, 0.6) is 5.75 Å². The number of pyridine rings is 1. The minimum Gasteiger partial charge on any atom is -0.466 e. The monoisotopic (exact) mass is 315 g/mol. The van der Waals surface area contributed by atoms with E-state index in [0.717, 1.165) is 0 Å². The molecular weight excluding hydrogens is 306 g/mol. The summed E-state index contributed by atoms with van der Waals surface area (Å²) in [5.74, 6) is -3.52. The summed E-state index contributed by atoms with van der Waals surface area (Å²) in [6, 6.07) is 0. The number of halogens is 5. The summed E-state index contributed by atoms with van der Waals surface area (Å²) < 4.78 is 58.3. The van der Waals surface area contributed by atoms with Crippen molar-refractivity contribution < 1.29 is 31.8 Å². The van der Waals surface area contributed by atoms with Crippen molar-refractivity contribution in [1.82, 2.24) is 4.98 Å². The van der Waals surface area contributed by atoms with E-state index < -0.39 is 30.3 Å². The van der Waals surface area contributed by atoms with Gasteiger partial charge in [0.15, 0.2) is 11.6 Å². The Balaban J connectivity index is 3.12. The first-order valence-corrected chi connectivity index (χ1v) is 5.95. The van der Waals surface area contributed by atoms with Crippen molar-refractivity contribution in [1.29, 1.82) is 0 Å². The third kappa shape index (κ3) is 4.52. The Morgan fingerprint density at radius 3 is 2.60 bits per heavy atom. The fourth-order valence-electron chi connectivity index (χ4n) is 1.39. The summed E-state index contributed by atoms with van der Waals surface area (Å²) in [6.45, 7) is 1.60. The van der Waals surface area contributed by atoms with E-state index in [2.05, 4.69) is 14.5 Å². The quantitative estimate of drug-likeness (QED) is 0.476. The molecule has 0 saturated carbocycles. The minimum atomic E-state index is -5.06. The predicted octanol–water partition coefficient (Wildman–Crippen LogP) is 2.96. The number of carbonyl (C=O) groups excluding carboxylic acids is 1. The summed E-state index contributed by atoms with van der Waals surface area (Å²) in [7, 11) is 0. The van der Waals surface area contributed by atoms with Crippen molar-refractivity contribution in [3.8, 4) is 5.75 Å². The Labute approximate surface area is 116 Å². The SMILES string of the molecule is CCOC(=O)Cc1c(CCl)ncc(OC(F)(F)F)c1F. The zero-order valence-corrected chi connectivity index (χ0v) is 11.0. The maximum Gasteiger partial charge on any atom is 0.573 e. The first kappa shape index (κ1) is 16.5. The highest BCUT2D eigenvalue weighted by molar-refractivity contribution is 6.17. The van der Waals surface area contributed by atoms with Crippen LogP contribution in [-0.4, -0.2) is 23.9 Å². The first-order valence-electron chi connectivity index (χ1n) is 5.42. The van der Waals surface area contributed by atoms with Gasteiger partial charge in [-0.15, -0.1) is 24.8 Å². The van der Waals surface area contributed by atoms with Crippen LogP contribution in [0.1, 0.15) is 18.2 Å². The lowest BCUT2D eigenvalue weighted by molar-refractivity contribution is -0.275. The molecule has 0 bridgehead atoms. The van der Waals surface area contributed by atoms with E-state index in [1.165, 1.54) is 6.92 Å². The topological polar surface area (TPSA) is 48.4 Å². The third-order valence-corrected chi connectivity index (χ3v) is 2.40. The maximum absolute atomic E-state index is 13.9. The van der Waals surface area contributed by atoms with E-state index in [1.807, 2.05) is 0 Å². The summed E-state index contributed by atoms with van der Waals surface area (Å²) in [5.41, 5.74) is -0.424. The molecule has 0 spiro atoms. The van der Waals surface area contributed by atoms with Gasteiger partial charge in [-0.05, 0) is 6.92 Å². The number of alkyl halides is 4. The van der Waals surface area contributed by atoms with Crippen molar-refractivity contribution >= 4 is 17.6 Å². The van der Waals surface area contributed by atoms with E-state index in [4.69, 9.17) is 11.6 Å². The molecule has 112 valence electrons. The summed E-state index contributed by atoms with van der Waals surface area (Å²) in [5, 5.41) is 0. The lowest BCUT2D eigenvalue weighted by Gasteiger charge is -2.13. The molecule has 1 aromatic rings. The summed E-state index contributed by atoms with van der Waals surface area (Å²) >= 11 is 5.51. The zero-order valence-electron chi connectivity index (χ0n) is 10.3. The second-order valence-corrected chi connectivity index (χ2v) is 3.79. The average Bonchev–Trinajstić information content (AvgIpc) is 2.33. The van der Waals surface area contributed by atoms with E-state index in [9.17, 15) is 22.4 Å². The lowest BCUT2D eigenvalue weighted by Crippen LogP contribution is -2.20. The van der Waals surface area contributed by atoms with Gasteiger partial charge in [0.05, 0.1) is 30.8 Å². The van der Waals surface area contributed by atoms with Crippen LogP contribution in [0, 0.1) is 5.82 Å². The largest absolute Gasteiger partial charge is 0.573 e. The fourth-order valence-corrected chi connectivity index (χ4v) is 1.62. The van der Waals surface area contributed by atoms with Gasteiger partial charge in [-0.25, -0.2) is 4.39 Å². The first-order chi connectivity index (χ1) is 9.28. The van der Waals surface area contributed by atoms with Gasteiger partial charge in [0.1, 0.15) is 0 Å². The number of ether oxygens (including phenoxy) is 2. The van der Waals surface area contributed by atoms with E-state index in [0.29, 0.717) is 6.20 Å². The number of rotatable bonds is 5. The minimum absolute atomic E-state index is 0.0493. The van der Waals surface area contributed by atoms with Gasteiger partial charge in [0.2, 0.25) is 0 Å². The van der Waals surface area contributed by atoms with Crippen molar-refractivity contribution in [2.24, 2.45) is 0 Å². The van der Waals surface area contributed by atoms with E-state index in [-0.39, 0.29) is 23.7 Å². The second kappa shape index (κ2) is 6.74. The maximum atomic E-state index is 13.9. The van der Waals surface area contributed by atoms with Crippen LogP contribution >= 0.6 is 11.6 Å². The Kier molecular flexibility index (Phi) is 5.55. The molecule has 0 radical (unpaired) electrons. The van der Waals surface area contributed by atoms with Crippen LogP contribution in [0.4, 0.5) is 17.6 Å². The van der Waals surface area contributed by atoms with Crippen LogP contribution in [-0.2, 0) is 21.8 Å². The highest BCUT2D eigenvalue weighted by Gasteiger charge is 2.33. The molecule has 1 heterocycles. The van der Waals surface area contributed by atoms with Gasteiger partial charge in [-0.3, -0.25) is 9.78 Å². The number of hydrogen-bond acceptors (Lipinski definition) is 4. The molecule has 0 aliphatic heterocycles. The van der Waals surface area contributed by atoms with Crippen molar-refractivity contribution in [3.05, 3.63) is 23.3 Å². The van der Waals surface area contributed by atoms with Gasteiger partial charge in [0.25, 0.3) is 0 Å². The van der Waals surface area contributed by atoms with Gasteiger partial charge < -0.3 is 9.47 Å². The molecule has 0 N–H and O–H groups in total. The molecule has 1 aromatic heterocycles. The van der Waals surface area contributed by atoms with Crippen LogP contribution in [0.2, 0.25) is 0 Å². The normalized spacial score (nSPS) is 11.3. The molecule has 0 atom stereocenters. The Bertz CT molecular complexity index is 493. The zero-order chi connectivity index (χ0) is 15.3. The molecule has 0 fully saturated rings. The summed E-state index contributed by atoms with van der Waals surface area (Å²) in [6.07, 6.45) is -5.08. The van der Waals surface area contributed by atoms with Crippen molar-refractivity contribution in [2.75, 3.05) is 6.61 Å². The van der Waals surface area contributed by atoms with Crippen molar-refractivity contribution in [2.45, 2.75) is 25.6 Å². The van der Waals surface area contributed by atoms with Gasteiger partial charge >= 0.3 is 12.3 Å². The Hall–Kier alpha value is -1.57. The van der Waals surface area contributed by atoms with Crippen molar-refractivity contribution in [3.63, 3.8) is 0 Å². The second-order valence-electron chi connectivity index (χ2n) is 3.52. The van der Waals surface area contributed by atoms with Gasteiger partial charge in [-0.2, -0.15) is 0 Å². The number of aromatic nitrogens is 1. The molecule has 9 heteroatoms. The molecule has 0 saturated heterocycles. The van der Waals surface area contributed by atoms with Crippen LogP contribution in [0.3, 0.4) is 0 Å². The number of carbonyl (C=O) groups is 1. The Morgan fingerprint density at radius 1 is 1.45 bits per heavy atom. The molecule has 0 aliphatic rings. The molecular formula is C11H10ClF4NO3. The van der Waals surface area contributed by atoms with E-state index in [1.54, 1.807) is 0 Å². The molecule has 0 amide bonds. The average molecular weight is 316 g/mol. The van der Waals surface area contributed by atoms with Crippen LogP contribution < -0.4 is 4.74 Å². The fraction of sp³-hybridized carbons (Fsp3) is 0.455. The number of esters is 1. The number of hydrogen-bond donors (Lipinski definition) is 0. The smallest absolute Gasteiger partial charge is 0.466 e. The molecule has 4 nitrogen and oxygen atoms in total. The van der Waals surface area contributed by atoms with Gasteiger partial charge in [-0.1, -0.05) is 0 Å². The van der Waals surface area contributed by atoms with E-state index >= 15 is 0 Å². The Morgan fingerprint density at radius 2 is 2.10 bits per heavy atom.